The third-order valence-corrected chi connectivity index (χ3v) is 6.02. The number of aliphatic imine (C=N–C) groups is 1. The van der Waals surface area contributed by atoms with Crippen molar-refractivity contribution in [3.05, 3.63) is 53.9 Å². The topological polar surface area (TPSA) is 51.9 Å². The van der Waals surface area contributed by atoms with Crippen LogP contribution in [-0.2, 0) is 7.05 Å². The van der Waals surface area contributed by atoms with E-state index in [-0.39, 0.29) is 30.0 Å². The van der Waals surface area contributed by atoms with Gasteiger partial charge in [0.1, 0.15) is 0 Å². The van der Waals surface area contributed by atoms with E-state index in [2.05, 4.69) is 87.7 Å². The second-order valence-electron chi connectivity index (χ2n) is 8.21. The highest BCUT2D eigenvalue weighted by molar-refractivity contribution is 14.0. The van der Waals surface area contributed by atoms with Crippen LogP contribution in [0.25, 0.3) is 0 Å². The lowest BCUT2D eigenvalue weighted by molar-refractivity contribution is 0.126. The van der Waals surface area contributed by atoms with Gasteiger partial charge in [0.15, 0.2) is 5.96 Å². The van der Waals surface area contributed by atoms with Crippen LogP contribution >= 0.6 is 24.0 Å². The van der Waals surface area contributed by atoms with E-state index in [0.29, 0.717) is 6.04 Å². The highest BCUT2D eigenvalue weighted by Crippen LogP contribution is 2.25. The summed E-state index contributed by atoms with van der Waals surface area (Å²) in [5.74, 6) is 0.984. The number of piperazine rings is 1. The monoisotopic (exact) mass is 539 g/mol. The number of halogens is 1. The summed E-state index contributed by atoms with van der Waals surface area (Å²) in [6, 6.07) is 11.6. The highest BCUT2D eigenvalue weighted by Gasteiger charge is 2.26. The number of benzene rings is 1. The molecule has 1 N–H and O–H groups in total. The summed E-state index contributed by atoms with van der Waals surface area (Å²) in [6.45, 7) is 7.16. The lowest BCUT2D eigenvalue weighted by Gasteiger charge is -2.40. The molecule has 2 atom stereocenters. The molecular weight excluding hydrogens is 501 g/mol. The molecule has 8 heteroatoms. The van der Waals surface area contributed by atoms with Gasteiger partial charge in [0.25, 0.3) is 0 Å². The molecule has 3 rings (SSSR count). The SMILES string of the molecule is CCC(c1ccccc1)N1CCN(C(=NC)NCC(c2cnn(C)c2)N(C)C)CC1.I. The smallest absolute Gasteiger partial charge is 0.193 e. The van der Waals surface area contributed by atoms with E-state index in [1.165, 1.54) is 11.1 Å². The van der Waals surface area contributed by atoms with Gasteiger partial charge >= 0.3 is 0 Å². The molecule has 2 heterocycles. The molecule has 1 aromatic heterocycles. The molecule has 172 valence electrons. The van der Waals surface area contributed by atoms with Crippen molar-refractivity contribution >= 4 is 29.9 Å². The fraction of sp³-hybridized carbons (Fsp3) is 0.565. The van der Waals surface area contributed by atoms with Crippen molar-refractivity contribution in [1.29, 1.82) is 0 Å². The summed E-state index contributed by atoms with van der Waals surface area (Å²) in [4.78, 5) is 11.8. The molecule has 1 saturated heterocycles. The molecule has 1 aliphatic heterocycles. The third-order valence-electron chi connectivity index (χ3n) is 6.02. The third kappa shape index (κ3) is 6.66. The van der Waals surface area contributed by atoms with Gasteiger partial charge in [-0.2, -0.15) is 5.10 Å². The standard InChI is InChI=1S/C23H37N7.HI/c1-6-21(19-10-8-7-9-11-19)29-12-14-30(15-13-29)23(24-2)25-17-22(27(3)4)20-16-26-28(5)18-20;/h7-11,16,18,21-22H,6,12-15,17H2,1-5H3,(H,24,25);1H. The molecule has 1 fully saturated rings. The van der Waals surface area contributed by atoms with Crippen LogP contribution in [0.1, 0.15) is 36.6 Å². The van der Waals surface area contributed by atoms with E-state index < -0.39 is 0 Å². The van der Waals surface area contributed by atoms with Crippen LogP contribution in [0.5, 0.6) is 0 Å². The fourth-order valence-electron chi connectivity index (χ4n) is 4.36. The molecule has 2 aromatic rings. The summed E-state index contributed by atoms with van der Waals surface area (Å²) in [5.41, 5.74) is 2.63. The van der Waals surface area contributed by atoms with Crippen LogP contribution in [0.4, 0.5) is 0 Å². The Labute approximate surface area is 204 Å². The zero-order chi connectivity index (χ0) is 21.5. The fourth-order valence-corrected chi connectivity index (χ4v) is 4.36. The molecule has 0 spiro atoms. The normalized spacial score (nSPS) is 17.4. The quantitative estimate of drug-likeness (QED) is 0.333. The van der Waals surface area contributed by atoms with E-state index in [1.54, 1.807) is 0 Å². The number of hydrogen-bond donors (Lipinski definition) is 1. The zero-order valence-corrected chi connectivity index (χ0v) is 21.9. The van der Waals surface area contributed by atoms with Crippen molar-refractivity contribution in [2.24, 2.45) is 12.0 Å². The molecule has 0 radical (unpaired) electrons. The van der Waals surface area contributed by atoms with Gasteiger partial charge in [0, 0.05) is 64.6 Å². The predicted molar refractivity (Wildman–Crippen MR) is 139 cm³/mol. The Morgan fingerprint density at radius 2 is 1.81 bits per heavy atom. The first-order valence-electron chi connectivity index (χ1n) is 10.9. The average molecular weight is 540 g/mol. The largest absolute Gasteiger partial charge is 0.354 e. The minimum atomic E-state index is 0. The Morgan fingerprint density at radius 1 is 1.13 bits per heavy atom. The van der Waals surface area contributed by atoms with Gasteiger partial charge in [-0.3, -0.25) is 14.6 Å². The maximum Gasteiger partial charge on any atom is 0.193 e. The second kappa shape index (κ2) is 12.4. The Hall–Kier alpha value is -1.65. The molecule has 0 amide bonds. The summed E-state index contributed by atoms with van der Waals surface area (Å²) >= 11 is 0. The highest BCUT2D eigenvalue weighted by atomic mass is 127. The van der Waals surface area contributed by atoms with Gasteiger partial charge in [0.05, 0.1) is 12.2 Å². The van der Waals surface area contributed by atoms with E-state index in [0.717, 1.165) is 45.1 Å². The van der Waals surface area contributed by atoms with E-state index in [9.17, 15) is 0 Å². The van der Waals surface area contributed by atoms with E-state index in [1.807, 2.05) is 25.0 Å². The van der Waals surface area contributed by atoms with Gasteiger partial charge in [-0.25, -0.2) is 0 Å². The molecule has 0 bridgehead atoms. The summed E-state index contributed by atoms with van der Waals surface area (Å²) in [6.07, 6.45) is 5.16. The molecule has 0 saturated carbocycles. The van der Waals surface area contributed by atoms with E-state index >= 15 is 0 Å². The lowest BCUT2D eigenvalue weighted by atomic mass is 10.0. The Bertz CT molecular complexity index is 797. The van der Waals surface area contributed by atoms with Crippen LogP contribution in [0.2, 0.25) is 0 Å². The van der Waals surface area contributed by atoms with Gasteiger partial charge in [-0.1, -0.05) is 37.3 Å². The Kier molecular flexibility index (Phi) is 10.2. The first kappa shape index (κ1) is 25.6. The number of hydrogen-bond acceptors (Lipinski definition) is 4. The molecule has 1 aliphatic rings. The van der Waals surface area contributed by atoms with E-state index in [4.69, 9.17) is 0 Å². The number of likely N-dealkylation sites (N-methyl/N-ethyl adjacent to an activating group) is 1. The summed E-state index contributed by atoms with van der Waals surface area (Å²) in [5, 5.41) is 7.93. The van der Waals surface area contributed by atoms with Crippen LogP contribution < -0.4 is 5.32 Å². The molecule has 1 aromatic carbocycles. The second-order valence-corrected chi connectivity index (χ2v) is 8.21. The number of aryl methyl sites for hydroxylation is 1. The van der Waals surface area contributed by atoms with Crippen LogP contribution in [0, 0.1) is 0 Å². The maximum atomic E-state index is 4.56. The Morgan fingerprint density at radius 3 is 2.32 bits per heavy atom. The predicted octanol–water partition coefficient (Wildman–Crippen LogP) is 2.99. The van der Waals surface area contributed by atoms with Gasteiger partial charge < -0.3 is 15.1 Å². The molecule has 31 heavy (non-hydrogen) atoms. The van der Waals surface area contributed by atoms with Crippen molar-refractivity contribution in [3.8, 4) is 0 Å². The molecule has 7 nitrogen and oxygen atoms in total. The van der Waals surface area contributed by atoms with Gasteiger partial charge in [0.2, 0.25) is 0 Å². The maximum absolute atomic E-state index is 4.56. The summed E-state index contributed by atoms with van der Waals surface area (Å²) < 4.78 is 1.86. The van der Waals surface area contributed by atoms with Crippen LogP contribution in [0.15, 0.2) is 47.7 Å². The lowest BCUT2D eigenvalue weighted by Crippen LogP contribution is -2.53. The average Bonchev–Trinajstić information content (AvgIpc) is 3.19. The van der Waals surface area contributed by atoms with Crippen molar-refractivity contribution in [3.63, 3.8) is 0 Å². The number of aromatic nitrogens is 2. The number of rotatable bonds is 7. The minimum Gasteiger partial charge on any atom is -0.354 e. The summed E-state index contributed by atoms with van der Waals surface area (Å²) in [7, 11) is 8.05. The van der Waals surface area contributed by atoms with Crippen LogP contribution in [-0.4, -0.2) is 84.3 Å². The first-order chi connectivity index (χ1) is 14.5. The van der Waals surface area contributed by atoms with Crippen LogP contribution in [0.3, 0.4) is 0 Å². The molecule has 0 aliphatic carbocycles. The molecule has 2 unspecified atom stereocenters. The van der Waals surface area contributed by atoms with Crippen molar-refractivity contribution in [1.82, 2.24) is 29.8 Å². The Balaban J connectivity index is 0.00000341. The number of guanidine groups is 1. The molecular formula is C23H38IN7. The van der Waals surface area contributed by atoms with Crippen molar-refractivity contribution in [2.45, 2.75) is 25.4 Å². The van der Waals surface area contributed by atoms with Gasteiger partial charge in [-0.05, 0) is 26.1 Å². The van der Waals surface area contributed by atoms with Crippen molar-refractivity contribution in [2.75, 3.05) is 53.9 Å². The number of nitrogens with one attached hydrogen (secondary N) is 1. The first-order valence-corrected chi connectivity index (χ1v) is 10.9. The minimum absolute atomic E-state index is 0. The van der Waals surface area contributed by atoms with Gasteiger partial charge in [-0.15, -0.1) is 24.0 Å². The number of nitrogens with zero attached hydrogens (tertiary/aromatic N) is 6. The zero-order valence-electron chi connectivity index (χ0n) is 19.5. The van der Waals surface area contributed by atoms with Crippen molar-refractivity contribution < 1.29 is 0 Å².